The first kappa shape index (κ1) is 20.2. The molecule has 2 atom stereocenters. The Balaban J connectivity index is 1.68. The third kappa shape index (κ3) is 4.25. The molecule has 0 aliphatic carbocycles. The summed E-state index contributed by atoms with van der Waals surface area (Å²) in [4.78, 5) is 8.76. The van der Waals surface area contributed by atoms with Crippen LogP contribution in [0.25, 0.3) is 10.9 Å². The van der Waals surface area contributed by atoms with Gasteiger partial charge in [-0.2, -0.15) is 0 Å². The van der Waals surface area contributed by atoms with Crippen LogP contribution < -0.4 is 14.8 Å². The zero-order valence-corrected chi connectivity index (χ0v) is 18.2. The van der Waals surface area contributed by atoms with Crippen molar-refractivity contribution in [2.45, 2.75) is 12.2 Å². The van der Waals surface area contributed by atoms with E-state index in [-0.39, 0.29) is 12.2 Å². The van der Waals surface area contributed by atoms with Gasteiger partial charge in [0.05, 0.1) is 30.9 Å². The van der Waals surface area contributed by atoms with Crippen LogP contribution in [0.1, 0.15) is 0 Å². The normalized spacial score (nSPS) is 18.8. The van der Waals surface area contributed by atoms with Crippen molar-refractivity contribution >= 4 is 49.9 Å². The molecule has 1 N–H and O–H groups in total. The molecule has 3 aromatic rings. The SMILES string of the molecule is COc1cc2c(Nc3ccc(Br)c(Cl)c3)ncnc2cc1OC1COC[C@@H]1OC. The quantitative estimate of drug-likeness (QED) is 0.553. The highest BCUT2D eigenvalue weighted by molar-refractivity contribution is 9.10. The Kier molecular flexibility index (Phi) is 6.05. The third-order valence-corrected chi connectivity index (χ3v) is 5.90. The fraction of sp³-hybridized carbons (Fsp3) is 0.300. The van der Waals surface area contributed by atoms with Gasteiger partial charge in [0.1, 0.15) is 18.2 Å². The van der Waals surface area contributed by atoms with Crippen molar-refractivity contribution in [2.24, 2.45) is 0 Å². The number of nitrogens with one attached hydrogen (secondary N) is 1. The summed E-state index contributed by atoms with van der Waals surface area (Å²) in [6, 6.07) is 9.28. The second-order valence-electron chi connectivity index (χ2n) is 6.46. The van der Waals surface area contributed by atoms with E-state index in [1.807, 2.05) is 30.3 Å². The Bertz CT molecular complexity index is 1040. The Hall–Kier alpha value is -2.13. The molecular weight excluding hydrogens is 462 g/mol. The summed E-state index contributed by atoms with van der Waals surface area (Å²) in [5.74, 6) is 1.79. The number of anilines is 2. The topological polar surface area (TPSA) is 74.7 Å². The van der Waals surface area contributed by atoms with E-state index >= 15 is 0 Å². The van der Waals surface area contributed by atoms with Crippen LogP contribution in [0.15, 0.2) is 41.1 Å². The summed E-state index contributed by atoms with van der Waals surface area (Å²) >= 11 is 9.59. The second kappa shape index (κ2) is 8.71. The summed E-state index contributed by atoms with van der Waals surface area (Å²) in [5, 5.41) is 4.68. The number of ether oxygens (including phenoxy) is 4. The van der Waals surface area contributed by atoms with Gasteiger partial charge in [0.15, 0.2) is 17.6 Å². The van der Waals surface area contributed by atoms with Gasteiger partial charge in [0.2, 0.25) is 0 Å². The molecule has 0 radical (unpaired) electrons. The minimum atomic E-state index is -0.212. The van der Waals surface area contributed by atoms with Crippen molar-refractivity contribution in [3.63, 3.8) is 0 Å². The lowest BCUT2D eigenvalue weighted by Gasteiger charge is -2.20. The van der Waals surface area contributed by atoms with E-state index in [1.54, 1.807) is 14.2 Å². The molecule has 1 aliphatic heterocycles. The molecular formula is C20H19BrClN3O4. The van der Waals surface area contributed by atoms with E-state index in [1.165, 1.54) is 6.33 Å². The average Bonchev–Trinajstić information content (AvgIpc) is 3.17. The minimum absolute atomic E-state index is 0.125. The van der Waals surface area contributed by atoms with Crippen LogP contribution in [0.5, 0.6) is 11.5 Å². The molecule has 0 amide bonds. The molecule has 0 saturated carbocycles. The number of fused-ring (bicyclic) bond motifs is 1. The predicted molar refractivity (Wildman–Crippen MR) is 115 cm³/mol. The zero-order valence-electron chi connectivity index (χ0n) is 15.8. The molecule has 0 bridgehead atoms. The largest absolute Gasteiger partial charge is 0.493 e. The smallest absolute Gasteiger partial charge is 0.164 e. The number of halogens is 2. The summed E-state index contributed by atoms with van der Waals surface area (Å²) in [6.07, 6.45) is 1.16. The molecule has 4 rings (SSSR count). The van der Waals surface area contributed by atoms with Crippen LogP contribution in [-0.2, 0) is 9.47 Å². The highest BCUT2D eigenvalue weighted by Crippen LogP contribution is 2.36. The first-order valence-corrected chi connectivity index (χ1v) is 10.1. The third-order valence-electron chi connectivity index (χ3n) is 4.66. The highest BCUT2D eigenvalue weighted by Gasteiger charge is 2.31. The van der Waals surface area contributed by atoms with Crippen molar-refractivity contribution in [2.75, 3.05) is 32.8 Å². The van der Waals surface area contributed by atoms with Crippen LogP contribution in [-0.4, -0.2) is 49.6 Å². The summed E-state index contributed by atoms with van der Waals surface area (Å²) in [5.41, 5.74) is 1.53. The Morgan fingerprint density at radius 1 is 1.10 bits per heavy atom. The first-order chi connectivity index (χ1) is 14.1. The second-order valence-corrected chi connectivity index (χ2v) is 7.73. The van der Waals surface area contributed by atoms with E-state index in [9.17, 15) is 0 Å². The van der Waals surface area contributed by atoms with Gasteiger partial charge >= 0.3 is 0 Å². The number of aromatic nitrogens is 2. The summed E-state index contributed by atoms with van der Waals surface area (Å²) in [7, 11) is 3.24. The summed E-state index contributed by atoms with van der Waals surface area (Å²) in [6.45, 7) is 0.962. The zero-order chi connectivity index (χ0) is 20.4. The number of benzene rings is 2. The van der Waals surface area contributed by atoms with Crippen molar-refractivity contribution in [3.05, 3.63) is 46.2 Å². The van der Waals surface area contributed by atoms with Gasteiger partial charge < -0.3 is 24.3 Å². The molecule has 1 fully saturated rings. The Labute approximate surface area is 181 Å². The van der Waals surface area contributed by atoms with Crippen molar-refractivity contribution < 1.29 is 18.9 Å². The van der Waals surface area contributed by atoms with Gasteiger partial charge in [-0.1, -0.05) is 11.6 Å². The van der Waals surface area contributed by atoms with Crippen LogP contribution in [0.2, 0.25) is 5.02 Å². The maximum absolute atomic E-state index is 6.19. The number of hydrogen-bond donors (Lipinski definition) is 1. The van der Waals surface area contributed by atoms with Crippen LogP contribution in [0.4, 0.5) is 11.5 Å². The van der Waals surface area contributed by atoms with E-state index < -0.39 is 0 Å². The molecule has 9 heteroatoms. The van der Waals surface area contributed by atoms with Gasteiger partial charge in [-0.25, -0.2) is 9.97 Å². The monoisotopic (exact) mass is 479 g/mol. The molecule has 1 aromatic heterocycles. The molecule has 29 heavy (non-hydrogen) atoms. The van der Waals surface area contributed by atoms with E-state index in [2.05, 4.69) is 31.2 Å². The Morgan fingerprint density at radius 3 is 2.69 bits per heavy atom. The van der Waals surface area contributed by atoms with Gasteiger partial charge in [-0.15, -0.1) is 0 Å². The van der Waals surface area contributed by atoms with E-state index in [0.717, 1.165) is 21.1 Å². The first-order valence-electron chi connectivity index (χ1n) is 8.91. The highest BCUT2D eigenvalue weighted by atomic mass is 79.9. The van der Waals surface area contributed by atoms with E-state index in [0.29, 0.717) is 35.6 Å². The standard InChI is InChI=1S/C20H19BrClN3O4/c1-26-16-6-12-15(7-17(16)29-19-9-28-8-18(19)27-2)23-10-24-20(12)25-11-3-4-13(21)14(22)5-11/h3-7,10,18-19H,8-9H2,1-2H3,(H,23,24,25)/t18-,19?/m0/s1. The van der Waals surface area contributed by atoms with Crippen molar-refractivity contribution in [3.8, 4) is 11.5 Å². The number of rotatable bonds is 6. The van der Waals surface area contributed by atoms with Crippen molar-refractivity contribution in [1.82, 2.24) is 9.97 Å². The van der Waals surface area contributed by atoms with Gasteiger partial charge in [-0.05, 0) is 40.2 Å². The van der Waals surface area contributed by atoms with Crippen LogP contribution in [0.3, 0.4) is 0 Å². The minimum Gasteiger partial charge on any atom is -0.493 e. The van der Waals surface area contributed by atoms with E-state index in [4.69, 9.17) is 30.5 Å². The number of nitrogens with zero attached hydrogens (tertiary/aromatic N) is 2. The molecule has 1 saturated heterocycles. The molecule has 1 aliphatic rings. The predicted octanol–water partition coefficient (Wildman–Crippen LogP) is 4.59. The summed E-state index contributed by atoms with van der Waals surface area (Å²) < 4.78 is 23.4. The molecule has 0 spiro atoms. The molecule has 152 valence electrons. The lowest BCUT2D eigenvalue weighted by Crippen LogP contribution is -2.31. The fourth-order valence-corrected chi connectivity index (χ4v) is 3.56. The van der Waals surface area contributed by atoms with Crippen LogP contribution >= 0.6 is 27.5 Å². The fourth-order valence-electron chi connectivity index (χ4n) is 3.13. The lowest BCUT2D eigenvalue weighted by atomic mass is 10.2. The molecule has 2 heterocycles. The molecule has 2 aromatic carbocycles. The van der Waals surface area contributed by atoms with Gasteiger partial charge in [0, 0.05) is 28.7 Å². The van der Waals surface area contributed by atoms with Gasteiger partial charge in [-0.3, -0.25) is 0 Å². The maximum atomic E-state index is 6.19. The Morgan fingerprint density at radius 2 is 1.93 bits per heavy atom. The van der Waals surface area contributed by atoms with Gasteiger partial charge in [0.25, 0.3) is 0 Å². The number of hydrogen-bond acceptors (Lipinski definition) is 7. The maximum Gasteiger partial charge on any atom is 0.164 e. The number of methoxy groups -OCH3 is 2. The lowest BCUT2D eigenvalue weighted by molar-refractivity contribution is 0.0316. The average molecular weight is 481 g/mol. The van der Waals surface area contributed by atoms with Crippen LogP contribution in [0, 0.1) is 0 Å². The molecule has 1 unspecified atom stereocenters. The molecule has 7 nitrogen and oxygen atoms in total. The van der Waals surface area contributed by atoms with Crippen molar-refractivity contribution in [1.29, 1.82) is 0 Å².